The standard InChI is InChI=1S/C21H26N4.C2H6.C2H4/c1-3-8-20(18-9-4-6-13-22-18)24-16(2)11-12-17-15-21(25-17)19-10-5-7-14-23-19;2*1-2/h3-10,13-18,22,24-25H,1,11-12H2,2H3;1-2H3;1-2H2/b20-8-;;. The first-order valence-electron chi connectivity index (χ1n) is 10.3. The van der Waals surface area contributed by atoms with Crippen LogP contribution in [0.4, 0.5) is 0 Å². The third kappa shape index (κ3) is 7.86. The molecule has 0 saturated carbocycles. The lowest BCUT2D eigenvalue weighted by Crippen LogP contribution is -2.39. The van der Waals surface area contributed by atoms with Gasteiger partial charge in [0.15, 0.2) is 0 Å². The van der Waals surface area contributed by atoms with Crippen molar-refractivity contribution in [3.63, 3.8) is 0 Å². The average Bonchev–Trinajstić information content (AvgIpc) is 2.76. The van der Waals surface area contributed by atoms with Crippen molar-refractivity contribution >= 4 is 5.70 Å². The minimum atomic E-state index is 0.183. The first-order valence-corrected chi connectivity index (χ1v) is 10.3. The van der Waals surface area contributed by atoms with Crippen LogP contribution in [0.3, 0.4) is 0 Å². The molecule has 0 fully saturated rings. The average molecular weight is 393 g/mol. The van der Waals surface area contributed by atoms with Gasteiger partial charge in [-0.15, -0.1) is 13.2 Å². The van der Waals surface area contributed by atoms with Crippen LogP contribution in [0.2, 0.25) is 0 Å². The van der Waals surface area contributed by atoms with E-state index in [1.807, 2.05) is 62.7 Å². The molecule has 3 heterocycles. The van der Waals surface area contributed by atoms with E-state index in [1.165, 1.54) is 0 Å². The van der Waals surface area contributed by atoms with Gasteiger partial charge in [0.05, 0.1) is 17.4 Å². The van der Waals surface area contributed by atoms with E-state index in [4.69, 9.17) is 0 Å². The fourth-order valence-electron chi connectivity index (χ4n) is 3.03. The van der Waals surface area contributed by atoms with E-state index in [2.05, 4.69) is 65.8 Å². The molecule has 3 unspecified atom stereocenters. The van der Waals surface area contributed by atoms with Gasteiger partial charge < -0.3 is 16.0 Å². The Morgan fingerprint density at radius 1 is 1.28 bits per heavy atom. The summed E-state index contributed by atoms with van der Waals surface area (Å²) < 4.78 is 0. The van der Waals surface area contributed by atoms with Gasteiger partial charge in [-0.1, -0.05) is 44.7 Å². The summed E-state index contributed by atoms with van der Waals surface area (Å²) in [7, 11) is 0. The Kier molecular flexibility index (Phi) is 11.6. The highest BCUT2D eigenvalue weighted by Gasteiger charge is 2.21. The summed E-state index contributed by atoms with van der Waals surface area (Å²) in [5.74, 6) is 0. The molecule has 0 amide bonds. The zero-order valence-corrected chi connectivity index (χ0v) is 18.1. The van der Waals surface area contributed by atoms with Crippen LogP contribution in [0, 0.1) is 0 Å². The van der Waals surface area contributed by atoms with Gasteiger partial charge >= 0.3 is 0 Å². The molecule has 1 aromatic rings. The molecule has 0 aromatic carbocycles. The number of nitrogens with one attached hydrogen (secondary N) is 3. The second-order valence-corrected chi connectivity index (χ2v) is 6.41. The molecule has 3 N–H and O–H groups in total. The van der Waals surface area contributed by atoms with E-state index < -0.39 is 0 Å². The van der Waals surface area contributed by atoms with Crippen LogP contribution in [0.5, 0.6) is 0 Å². The van der Waals surface area contributed by atoms with Crippen LogP contribution in [0.15, 0.2) is 92.5 Å². The number of pyridine rings is 1. The van der Waals surface area contributed by atoms with Gasteiger partial charge in [-0.25, -0.2) is 0 Å². The molecule has 0 aliphatic carbocycles. The van der Waals surface area contributed by atoms with Gasteiger partial charge in [-0.2, -0.15) is 0 Å². The smallest absolute Gasteiger partial charge is 0.0858 e. The molecule has 0 saturated heterocycles. The van der Waals surface area contributed by atoms with Crippen LogP contribution in [0.25, 0.3) is 5.70 Å². The zero-order chi connectivity index (χ0) is 21.5. The van der Waals surface area contributed by atoms with Gasteiger partial charge in [0.1, 0.15) is 0 Å². The first-order chi connectivity index (χ1) is 14.3. The number of hydrogen-bond donors (Lipinski definition) is 3. The van der Waals surface area contributed by atoms with Gasteiger partial charge in [0.25, 0.3) is 0 Å². The number of aromatic nitrogens is 1. The highest BCUT2D eigenvalue weighted by molar-refractivity contribution is 5.67. The lowest BCUT2D eigenvalue weighted by molar-refractivity contribution is 0.483. The Morgan fingerprint density at radius 3 is 2.62 bits per heavy atom. The fraction of sp³-hybridized carbons (Fsp3) is 0.320. The van der Waals surface area contributed by atoms with E-state index in [1.54, 1.807) is 0 Å². The Hall–Kier alpha value is -3.01. The third-order valence-corrected chi connectivity index (χ3v) is 4.39. The SMILES string of the molecule is C=C.C=C/C=C(\NC(C)CCC1C=C(c2ccccn2)N1)C1C=CC=CN1.CC. The number of dihydropyridines is 1. The molecule has 4 heteroatoms. The van der Waals surface area contributed by atoms with E-state index in [-0.39, 0.29) is 6.04 Å². The first kappa shape index (κ1) is 24.0. The summed E-state index contributed by atoms with van der Waals surface area (Å²) in [5.41, 5.74) is 3.31. The predicted molar refractivity (Wildman–Crippen MR) is 127 cm³/mol. The molecule has 3 atom stereocenters. The van der Waals surface area contributed by atoms with Crippen molar-refractivity contribution in [1.82, 2.24) is 20.9 Å². The molecule has 4 nitrogen and oxygen atoms in total. The summed E-state index contributed by atoms with van der Waals surface area (Å²) in [4.78, 5) is 4.36. The number of nitrogens with zero attached hydrogens (tertiary/aromatic N) is 1. The van der Waals surface area contributed by atoms with Gasteiger partial charge in [-0.3, -0.25) is 4.98 Å². The van der Waals surface area contributed by atoms with Crippen LogP contribution in [-0.2, 0) is 0 Å². The number of hydrogen-bond acceptors (Lipinski definition) is 4. The van der Waals surface area contributed by atoms with Crippen LogP contribution >= 0.6 is 0 Å². The molecule has 0 bridgehead atoms. The maximum absolute atomic E-state index is 4.36. The van der Waals surface area contributed by atoms with Crippen molar-refractivity contribution in [3.8, 4) is 0 Å². The Labute approximate surface area is 176 Å². The lowest BCUT2D eigenvalue weighted by atomic mass is 9.99. The van der Waals surface area contributed by atoms with Crippen molar-refractivity contribution in [2.24, 2.45) is 0 Å². The normalized spacial score (nSPS) is 20.1. The molecular formula is C25H36N4. The number of allylic oxidation sites excluding steroid dienone is 4. The summed E-state index contributed by atoms with van der Waals surface area (Å²) in [6, 6.07) is 6.99. The third-order valence-electron chi connectivity index (χ3n) is 4.39. The summed E-state index contributed by atoms with van der Waals surface area (Å²) >= 11 is 0. The van der Waals surface area contributed by atoms with Crippen molar-refractivity contribution < 1.29 is 0 Å². The molecule has 0 spiro atoms. The van der Waals surface area contributed by atoms with Gasteiger partial charge in [0, 0.05) is 24.0 Å². The van der Waals surface area contributed by atoms with Crippen molar-refractivity contribution in [1.29, 1.82) is 0 Å². The Bertz CT molecular complexity index is 716. The highest BCUT2D eigenvalue weighted by Crippen LogP contribution is 2.21. The van der Waals surface area contributed by atoms with Crippen molar-refractivity contribution in [3.05, 3.63) is 98.2 Å². The predicted octanol–water partition coefficient (Wildman–Crippen LogP) is 5.09. The Morgan fingerprint density at radius 2 is 2.03 bits per heavy atom. The zero-order valence-electron chi connectivity index (χ0n) is 18.1. The molecule has 2 aliphatic rings. The molecular weight excluding hydrogens is 356 g/mol. The summed E-state index contributed by atoms with van der Waals surface area (Å²) in [6.45, 7) is 16.0. The summed E-state index contributed by atoms with van der Waals surface area (Å²) in [6.07, 6.45) is 18.3. The Balaban J connectivity index is 0.000000989. The van der Waals surface area contributed by atoms with Gasteiger partial charge in [0.2, 0.25) is 0 Å². The highest BCUT2D eigenvalue weighted by atomic mass is 15.0. The summed E-state index contributed by atoms with van der Waals surface area (Å²) in [5, 5.41) is 10.5. The van der Waals surface area contributed by atoms with Crippen LogP contribution < -0.4 is 16.0 Å². The van der Waals surface area contributed by atoms with E-state index in [9.17, 15) is 0 Å². The monoisotopic (exact) mass is 392 g/mol. The van der Waals surface area contributed by atoms with Crippen molar-refractivity contribution in [2.75, 3.05) is 0 Å². The minimum absolute atomic E-state index is 0.183. The number of rotatable bonds is 8. The topological polar surface area (TPSA) is 49.0 Å². The van der Waals surface area contributed by atoms with Crippen LogP contribution in [-0.4, -0.2) is 23.1 Å². The fourth-order valence-corrected chi connectivity index (χ4v) is 3.03. The molecule has 156 valence electrons. The molecule has 1 aromatic heterocycles. The van der Waals surface area contributed by atoms with Crippen molar-refractivity contribution in [2.45, 2.75) is 51.7 Å². The lowest BCUT2D eigenvalue weighted by Gasteiger charge is -2.30. The minimum Gasteiger partial charge on any atom is -0.384 e. The quantitative estimate of drug-likeness (QED) is 0.426. The van der Waals surface area contributed by atoms with E-state index in [0.29, 0.717) is 12.1 Å². The van der Waals surface area contributed by atoms with Gasteiger partial charge in [-0.05, 0) is 56.3 Å². The molecule has 3 rings (SSSR count). The largest absolute Gasteiger partial charge is 0.384 e. The van der Waals surface area contributed by atoms with E-state index in [0.717, 1.165) is 29.9 Å². The molecule has 2 aliphatic heterocycles. The second-order valence-electron chi connectivity index (χ2n) is 6.41. The van der Waals surface area contributed by atoms with Crippen LogP contribution in [0.1, 0.15) is 39.3 Å². The maximum Gasteiger partial charge on any atom is 0.0858 e. The molecule has 29 heavy (non-hydrogen) atoms. The maximum atomic E-state index is 4.36. The molecule has 0 radical (unpaired) electrons. The van der Waals surface area contributed by atoms with E-state index >= 15 is 0 Å². The second kappa shape index (κ2) is 14.1.